The van der Waals surface area contributed by atoms with Crippen LogP contribution >= 0.6 is 0 Å². The molecule has 22 heavy (non-hydrogen) atoms. The first-order valence-corrected chi connectivity index (χ1v) is 7.06. The third-order valence-electron chi connectivity index (χ3n) is 3.69. The highest BCUT2D eigenvalue weighted by Crippen LogP contribution is 2.29. The van der Waals surface area contributed by atoms with E-state index in [1.54, 1.807) is 0 Å². The van der Waals surface area contributed by atoms with Crippen LogP contribution in [0.1, 0.15) is 11.1 Å². The molecule has 0 unspecified atom stereocenters. The summed E-state index contributed by atoms with van der Waals surface area (Å²) in [5.41, 5.74) is 0.745. The Balaban J connectivity index is 0.00000176. The molecule has 0 atom stereocenters. The molecule has 0 spiro atoms. The van der Waals surface area contributed by atoms with Crippen LogP contribution in [0.15, 0.2) is 91.3 Å². The lowest BCUT2D eigenvalue weighted by atomic mass is 9.86. The molecule has 3 heteroatoms. The molecule has 0 bridgehead atoms. The molecule has 2 aromatic carbocycles. The second-order valence-corrected chi connectivity index (χ2v) is 5.14. The lowest BCUT2D eigenvalue weighted by molar-refractivity contribution is -0.710. The molecule has 112 valence electrons. The van der Waals surface area contributed by atoms with E-state index in [2.05, 4.69) is 0 Å². The molecule has 1 N–H and O–H groups in total. The molecule has 2 nitrogen and oxygen atoms in total. The molecule has 0 aliphatic carbocycles. The van der Waals surface area contributed by atoms with Gasteiger partial charge in [0.15, 0.2) is 24.5 Å². The fourth-order valence-corrected chi connectivity index (χ4v) is 2.58. The van der Waals surface area contributed by atoms with Gasteiger partial charge in [-0.3, -0.25) is 0 Å². The number of halogens is 1. The van der Waals surface area contributed by atoms with Gasteiger partial charge in [-0.15, -0.1) is 0 Å². The van der Waals surface area contributed by atoms with Crippen LogP contribution in [0, 0.1) is 0 Å². The van der Waals surface area contributed by atoms with Crippen LogP contribution in [0.3, 0.4) is 0 Å². The van der Waals surface area contributed by atoms with Gasteiger partial charge in [0.2, 0.25) is 0 Å². The highest BCUT2D eigenvalue weighted by Gasteiger charge is 2.35. The van der Waals surface area contributed by atoms with E-state index in [4.69, 9.17) is 0 Å². The standard InChI is InChI=1S/C19H18NO.ClH/c21-19(17-10-4-1-5-11-17,18-12-6-2-7-13-18)16-20-14-8-3-9-15-20;/h1-15,21H,16H2;1H/q+1;/p-1. The van der Waals surface area contributed by atoms with Crippen LogP contribution < -0.4 is 17.0 Å². The monoisotopic (exact) mass is 311 g/mol. The van der Waals surface area contributed by atoms with Crippen molar-refractivity contribution in [2.45, 2.75) is 12.1 Å². The maximum Gasteiger partial charge on any atom is 0.185 e. The topological polar surface area (TPSA) is 24.1 Å². The van der Waals surface area contributed by atoms with Gasteiger partial charge in [0.05, 0.1) is 0 Å². The van der Waals surface area contributed by atoms with E-state index in [9.17, 15) is 5.11 Å². The third kappa shape index (κ3) is 3.35. The molecule has 0 aliphatic rings. The highest BCUT2D eigenvalue weighted by molar-refractivity contribution is 5.35. The first-order valence-electron chi connectivity index (χ1n) is 7.06. The van der Waals surface area contributed by atoms with Crippen LogP contribution in [0.5, 0.6) is 0 Å². The van der Waals surface area contributed by atoms with Crippen molar-refractivity contribution in [3.63, 3.8) is 0 Å². The van der Waals surface area contributed by atoms with E-state index in [1.807, 2.05) is 95.8 Å². The quantitative estimate of drug-likeness (QED) is 0.669. The van der Waals surface area contributed by atoms with Gasteiger partial charge in [0.1, 0.15) is 0 Å². The van der Waals surface area contributed by atoms with Gasteiger partial charge < -0.3 is 17.5 Å². The van der Waals surface area contributed by atoms with Gasteiger partial charge in [-0.1, -0.05) is 66.7 Å². The summed E-state index contributed by atoms with van der Waals surface area (Å²) in [4.78, 5) is 0. The summed E-state index contributed by atoms with van der Waals surface area (Å²) in [5.74, 6) is 0. The molecular weight excluding hydrogens is 294 g/mol. The first kappa shape index (κ1) is 16.2. The molecule has 1 heterocycles. The summed E-state index contributed by atoms with van der Waals surface area (Å²) in [6.07, 6.45) is 3.94. The van der Waals surface area contributed by atoms with E-state index >= 15 is 0 Å². The Bertz CT molecular complexity index is 647. The average Bonchev–Trinajstić information content (AvgIpc) is 2.57. The number of rotatable bonds is 4. The summed E-state index contributed by atoms with van der Waals surface area (Å²) < 4.78 is 2.00. The van der Waals surface area contributed by atoms with Crippen molar-refractivity contribution >= 4 is 0 Å². The molecule has 3 rings (SSSR count). The molecule has 0 amide bonds. The molecule has 0 aliphatic heterocycles. The zero-order chi connectivity index (χ0) is 14.5. The van der Waals surface area contributed by atoms with Crippen molar-refractivity contribution in [3.8, 4) is 0 Å². The largest absolute Gasteiger partial charge is 1.00 e. The minimum Gasteiger partial charge on any atom is -1.00 e. The number of hydrogen-bond donors (Lipinski definition) is 1. The van der Waals surface area contributed by atoms with Gasteiger partial charge in [0, 0.05) is 12.1 Å². The van der Waals surface area contributed by atoms with Crippen molar-refractivity contribution in [2.75, 3.05) is 0 Å². The van der Waals surface area contributed by atoms with Crippen molar-refractivity contribution in [1.29, 1.82) is 0 Å². The number of benzene rings is 2. The van der Waals surface area contributed by atoms with Crippen molar-refractivity contribution < 1.29 is 22.1 Å². The molecule has 0 saturated heterocycles. The number of hydrogen-bond acceptors (Lipinski definition) is 1. The Morgan fingerprint density at radius 1 is 0.682 bits per heavy atom. The van der Waals surface area contributed by atoms with Gasteiger partial charge >= 0.3 is 0 Å². The normalized spacial score (nSPS) is 10.8. The molecule has 0 radical (unpaired) electrons. The minimum absolute atomic E-state index is 0. The average molecular weight is 312 g/mol. The predicted molar refractivity (Wildman–Crippen MR) is 82.5 cm³/mol. The Labute approximate surface area is 137 Å². The molecule has 0 saturated carbocycles. The van der Waals surface area contributed by atoms with E-state index in [0.29, 0.717) is 6.54 Å². The fraction of sp³-hybridized carbons (Fsp3) is 0.105. The van der Waals surface area contributed by atoms with Crippen LogP contribution in [-0.2, 0) is 12.1 Å². The predicted octanol–water partition coefficient (Wildman–Crippen LogP) is -0.0858. The second kappa shape index (κ2) is 7.21. The lowest BCUT2D eigenvalue weighted by Gasteiger charge is -2.26. The molecular formula is C19H18ClNO. The van der Waals surface area contributed by atoms with Crippen molar-refractivity contribution in [3.05, 3.63) is 102 Å². The van der Waals surface area contributed by atoms with E-state index in [-0.39, 0.29) is 12.4 Å². The number of aliphatic hydroxyl groups is 1. The summed E-state index contributed by atoms with van der Waals surface area (Å²) in [6.45, 7) is 0.474. The summed E-state index contributed by atoms with van der Waals surface area (Å²) in [7, 11) is 0. The molecule has 0 fully saturated rings. The van der Waals surface area contributed by atoms with Gasteiger partial charge in [-0.05, 0) is 11.1 Å². The zero-order valence-electron chi connectivity index (χ0n) is 12.1. The minimum atomic E-state index is -1.05. The van der Waals surface area contributed by atoms with Crippen LogP contribution in [0.2, 0.25) is 0 Å². The zero-order valence-corrected chi connectivity index (χ0v) is 12.9. The Morgan fingerprint density at radius 3 is 1.55 bits per heavy atom. The number of pyridine rings is 1. The van der Waals surface area contributed by atoms with Crippen molar-refractivity contribution in [1.82, 2.24) is 0 Å². The van der Waals surface area contributed by atoms with E-state index in [1.165, 1.54) is 0 Å². The fourth-order valence-electron chi connectivity index (χ4n) is 2.58. The van der Waals surface area contributed by atoms with Gasteiger partial charge in [-0.25, -0.2) is 4.57 Å². The second-order valence-electron chi connectivity index (χ2n) is 5.14. The van der Waals surface area contributed by atoms with Crippen LogP contribution in [-0.4, -0.2) is 5.11 Å². The SMILES string of the molecule is OC(C[n+]1ccccc1)(c1ccccc1)c1ccccc1.[Cl-]. The lowest BCUT2D eigenvalue weighted by Crippen LogP contribution is -3.00. The smallest absolute Gasteiger partial charge is 0.185 e. The maximum absolute atomic E-state index is 11.4. The van der Waals surface area contributed by atoms with Crippen LogP contribution in [0.4, 0.5) is 0 Å². The number of aromatic nitrogens is 1. The number of nitrogens with zero attached hydrogens (tertiary/aromatic N) is 1. The van der Waals surface area contributed by atoms with Crippen molar-refractivity contribution in [2.24, 2.45) is 0 Å². The maximum atomic E-state index is 11.4. The Morgan fingerprint density at radius 2 is 1.09 bits per heavy atom. The summed E-state index contributed by atoms with van der Waals surface area (Å²) in [5, 5.41) is 11.4. The van der Waals surface area contributed by atoms with Gasteiger partial charge in [0.25, 0.3) is 0 Å². The van der Waals surface area contributed by atoms with Gasteiger partial charge in [-0.2, -0.15) is 0 Å². The highest BCUT2D eigenvalue weighted by atomic mass is 35.5. The Hall–Kier alpha value is -2.16. The summed E-state index contributed by atoms with van der Waals surface area (Å²) in [6, 6.07) is 25.5. The molecule has 3 aromatic rings. The molecule has 1 aromatic heterocycles. The summed E-state index contributed by atoms with van der Waals surface area (Å²) >= 11 is 0. The van der Waals surface area contributed by atoms with E-state index < -0.39 is 5.60 Å². The third-order valence-corrected chi connectivity index (χ3v) is 3.69. The van der Waals surface area contributed by atoms with Crippen LogP contribution in [0.25, 0.3) is 0 Å². The Kier molecular flexibility index (Phi) is 5.31. The first-order chi connectivity index (χ1) is 10.3. The van der Waals surface area contributed by atoms with E-state index in [0.717, 1.165) is 11.1 Å².